The fourth-order valence-corrected chi connectivity index (χ4v) is 3.50. The number of hydrogen-bond donors (Lipinski definition) is 0. The van der Waals surface area contributed by atoms with E-state index in [-0.39, 0.29) is 11.7 Å². The van der Waals surface area contributed by atoms with Gasteiger partial charge in [0.1, 0.15) is 6.10 Å². The van der Waals surface area contributed by atoms with Gasteiger partial charge in [0.25, 0.3) is 0 Å². The van der Waals surface area contributed by atoms with Crippen molar-refractivity contribution in [2.45, 2.75) is 58.2 Å². The second kappa shape index (κ2) is 3.19. The first-order valence-electron chi connectivity index (χ1n) is 6.47. The number of epoxide rings is 1. The zero-order valence-corrected chi connectivity index (χ0v) is 10.4. The van der Waals surface area contributed by atoms with Crippen LogP contribution in [0.4, 0.5) is 0 Å². The third-order valence-electron chi connectivity index (χ3n) is 4.61. The van der Waals surface area contributed by atoms with Crippen LogP contribution < -0.4 is 0 Å². The van der Waals surface area contributed by atoms with E-state index in [4.69, 9.17) is 4.74 Å². The molecule has 2 aliphatic carbocycles. The summed E-state index contributed by atoms with van der Waals surface area (Å²) in [7, 11) is 0. The molecule has 2 nitrogen and oxygen atoms in total. The van der Waals surface area contributed by atoms with Gasteiger partial charge in [-0.25, -0.2) is 0 Å². The molecule has 0 spiro atoms. The van der Waals surface area contributed by atoms with Gasteiger partial charge in [-0.1, -0.05) is 13.8 Å². The topological polar surface area (TPSA) is 29.6 Å². The Morgan fingerprint density at radius 2 is 2.12 bits per heavy atom. The lowest BCUT2D eigenvalue weighted by atomic mass is 9.69. The van der Waals surface area contributed by atoms with Gasteiger partial charge in [0.15, 0.2) is 5.78 Å². The van der Waals surface area contributed by atoms with E-state index in [1.54, 1.807) is 0 Å². The molecule has 1 saturated heterocycles. The van der Waals surface area contributed by atoms with Gasteiger partial charge in [-0.3, -0.25) is 4.79 Å². The van der Waals surface area contributed by atoms with Crippen molar-refractivity contribution in [3.05, 3.63) is 11.1 Å². The first kappa shape index (κ1) is 10.5. The largest absolute Gasteiger partial charge is 0.362 e. The maximum absolute atomic E-state index is 12.0. The Hall–Kier alpha value is -0.630. The van der Waals surface area contributed by atoms with Gasteiger partial charge in [0.05, 0.1) is 5.60 Å². The van der Waals surface area contributed by atoms with E-state index in [9.17, 15) is 4.79 Å². The SMILES string of the molecule is CC(C)[C@H]1CCC(=O)C2=C1[C@@H]1O[C@]1(C)CC2. The predicted molar refractivity (Wildman–Crippen MR) is 62.1 cm³/mol. The molecule has 0 saturated carbocycles. The molecule has 0 unspecified atom stereocenters. The molecule has 1 aliphatic heterocycles. The van der Waals surface area contributed by atoms with Crippen molar-refractivity contribution in [2.75, 3.05) is 0 Å². The highest BCUT2D eigenvalue weighted by Gasteiger charge is 2.59. The van der Waals surface area contributed by atoms with Crippen LogP contribution in [0.15, 0.2) is 11.1 Å². The van der Waals surface area contributed by atoms with Crippen molar-refractivity contribution in [2.24, 2.45) is 11.8 Å². The Kier molecular flexibility index (Phi) is 2.10. The molecule has 3 aliphatic rings. The fourth-order valence-electron chi connectivity index (χ4n) is 3.50. The number of ether oxygens (including phenoxy) is 1. The van der Waals surface area contributed by atoms with Crippen LogP contribution >= 0.6 is 0 Å². The maximum atomic E-state index is 12.0. The monoisotopic (exact) mass is 220 g/mol. The number of hydrogen-bond acceptors (Lipinski definition) is 2. The number of rotatable bonds is 1. The lowest BCUT2D eigenvalue weighted by molar-refractivity contribution is -0.116. The molecule has 16 heavy (non-hydrogen) atoms. The van der Waals surface area contributed by atoms with Gasteiger partial charge in [0.2, 0.25) is 0 Å². The van der Waals surface area contributed by atoms with Gasteiger partial charge in [-0.15, -0.1) is 0 Å². The fraction of sp³-hybridized carbons (Fsp3) is 0.786. The van der Waals surface area contributed by atoms with Crippen molar-refractivity contribution in [3.63, 3.8) is 0 Å². The standard InChI is InChI=1S/C14H20O2/c1-8(2)9-4-5-11(15)10-6-7-14(3)13(16-14)12(9)10/h8-9,13H,4-7H2,1-3H3/t9-,13+,14-/m1/s1. The third kappa shape index (κ3) is 1.32. The van der Waals surface area contributed by atoms with Gasteiger partial charge in [0, 0.05) is 6.42 Å². The van der Waals surface area contributed by atoms with Crippen LogP contribution in [0.2, 0.25) is 0 Å². The molecular formula is C14H20O2. The van der Waals surface area contributed by atoms with Gasteiger partial charge >= 0.3 is 0 Å². The van der Waals surface area contributed by atoms with Crippen molar-refractivity contribution >= 4 is 5.78 Å². The molecule has 2 heteroatoms. The van der Waals surface area contributed by atoms with Crippen molar-refractivity contribution in [3.8, 4) is 0 Å². The summed E-state index contributed by atoms with van der Waals surface area (Å²) in [5.74, 6) is 1.61. The molecule has 0 aromatic heterocycles. The minimum Gasteiger partial charge on any atom is -0.362 e. The summed E-state index contributed by atoms with van der Waals surface area (Å²) in [6.45, 7) is 6.72. The summed E-state index contributed by atoms with van der Waals surface area (Å²) >= 11 is 0. The Balaban J connectivity index is 2.02. The quantitative estimate of drug-likeness (QED) is 0.636. The number of carbonyl (C=O) groups excluding carboxylic acids is 1. The van der Waals surface area contributed by atoms with Crippen LogP contribution in [0.3, 0.4) is 0 Å². The van der Waals surface area contributed by atoms with Crippen molar-refractivity contribution < 1.29 is 9.53 Å². The molecule has 0 radical (unpaired) electrons. The van der Waals surface area contributed by atoms with E-state index in [0.29, 0.717) is 17.6 Å². The molecule has 0 amide bonds. The van der Waals surface area contributed by atoms with E-state index < -0.39 is 0 Å². The number of fused-ring (bicyclic) bond motifs is 2. The van der Waals surface area contributed by atoms with Gasteiger partial charge in [-0.2, -0.15) is 0 Å². The molecule has 3 rings (SSSR count). The summed E-state index contributed by atoms with van der Waals surface area (Å²) < 4.78 is 5.85. The van der Waals surface area contributed by atoms with Crippen molar-refractivity contribution in [1.82, 2.24) is 0 Å². The van der Waals surface area contributed by atoms with E-state index in [0.717, 1.165) is 31.3 Å². The molecule has 0 N–H and O–H groups in total. The zero-order chi connectivity index (χ0) is 11.5. The first-order chi connectivity index (χ1) is 7.53. The highest BCUT2D eigenvalue weighted by molar-refractivity contribution is 5.97. The van der Waals surface area contributed by atoms with Crippen LogP contribution in [0.1, 0.15) is 46.5 Å². The Labute approximate surface area is 97.1 Å². The molecule has 88 valence electrons. The Morgan fingerprint density at radius 3 is 2.81 bits per heavy atom. The first-order valence-corrected chi connectivity index (χ1v) is 6.47. The second-order valence-corrected chi connectivity index (χ2v) is 6.06. The molecular weight excluding hydrogens is 200 g/mol. The lowest BCUT2D eigenvalue weighted by Gasteiger charge is -2.33. The van der Waals surface area contributed by atoms with Gasteiger partial charge < -0.3 is 4.74 Å². The van der Waals surface area contributed by atoms with Crippen LogP contribution in [-0.2, 0) is 9.53 Å². The number of ketones is 1. The summed E-state index contributed by atoms with van der Waals surface area (Å²) in [6.07, 6.45) is 4.04. The minimum absolute atomic E-state index is 0.0730. The van der Waals surface area contributed by atoms with E-state index in [1.165, 1.54) is 5.57 Å². The van der Waals surface area contributed by atoms with Gasteiger partial charge in [-0.05, 0) is 49.2 Å². The number of Topliss-reactive ketones (excluding diaryl/α,β-unsaturated/α-hetero) is 1. The predicted octanol–water partition coefficient (Wildman–Crippen LogP) is 2.87. The lowest BCUT2D eigenvalue weighted by Crippen LogP contribution is -2.31. The molecule has 3 atom stereocenters. The molecule has 0 aromatic rings. The number of allylic oxidation sites excluding steroid dienone is 1. The van der Waals surface area contributed by atoms with E-state index in [2.05, 4.69) is 20.8 Å². The van der Waals surface area contributed by atoms with Crippen LogP contribution in [-0.4, -0.2) is 17.5 Å². The van der Waals surface area contributed by atoms with E-state index in [1.807, 2.05) is 0 Å². The normalized spacial score (nSPS) is 42.1. The number of carbonyl (C=O) groups is 1. The minimum atomic E-state index is 0.0730. The maximum Gasteiger partial charge on any atom is 0.158 e. The van der Waals surface area contributed by atoms with Crippen molar-refractivity contribution in [1.29, 1.82) is 0 Å². The highest BCUT2D eigenvalue weighted by atomic mass is 16.6. The zero-order valence-electron chi connectivity index (χ0n) is 10.4. The smallest absolute Gasteiger partial charge is 0.158 e. The summed E-state index contributed by atoms with van der Waals surface area (Å²) in [5, 5.41) is 0. The summed E-state index contributed by atoms with van der Waals surface area (Å²) in [4.78, 5) is 12.0. The van der Waals surface area contributed by atoms with E-state index >= 15 is 0 Å². The van der Waals surface area contributed by atoms with Crippen LogP contribution in [0, 0.1) is 11.8 Å². The molecule has 0 bridgehead atoms. The van der Waals surface area contributed by atoms with Crippen LogP contribution in [0.5, 0.6) is 0 Å². The molecule has 1 heterocycles. The summed E-state index contributed by atoms with van der Waals surface area (Å²) in [5.41, 5.74) is 2.58. The third-order valence-corrected chi connectivity index (χ3v) is 4.61. The summed E-state index contributed by atoms with van der Waals surface area (Å²) in [6, 6.07) is 0. The molecule has 0 aromatic carbocycles. The average molecular weight is 220 g/mol. The Morgan fingerprint density at radius 1 is 1.38 bits per heavy atom. The second-order valence-electron chi connectivity index (χ2n) is 6.06. The average Bonchev–Trinajstić information content (AvgIpc) is 2.90. The molecule has 1 fully saturated rings. The Bertz CT molecular complexity index is 380. The van der Waals surface area contributed by atoms with Crippen LogP contribution in [0.25, 0.3) is 0 Å². The highest BCUT2D eigenvalue weighted by Crippen LogP contribution is 2.55.